The number of hydrogen-bond acceptors (Lipinski definition) is 5. The van der Waals surface area contributed by atoms with Crippen molar-refractivity contribution in [3.8, 4) is 5.75 Å². The Labute approximate surface area is 194 Å². The molecule has 0 aliphatic heterocycles. The first-order valence-electron chi connectivity index (χ1n) is 11.6. The van der Waals surface area contributed by atoms with Crippen LogP contribution in [0.15, 0.2) is 6.20 Å². The summed E-state index contributed by atoms with van der Waals surface area (Å²) in [6, 6.07) is 0. The van der Waals surface area contributed by atoms with E-state index in [0.29, 0.717) is 23.2 Å². The van der Waals surface area contributed by atoms with Crippen LogP contribution in [0.1, 0.15) is 114 Å². The molecule has 1 aromatic rings. The smallest absolute Gasteiger partial charge is 0.303 e. The van der Waals surface area contributed by atoms with E-state index >= 15 is 0 Å². The number of unbranched alkanes of at least 4 members (excludes halogenated alkanes) is 12. The van der Waals surface area contributed by atoms with Gasteiger partial charge in [-0.25, -0.2) is 0 Å². The summed E-state index contributed by atoms with van der Waals surface area (Å²) in [6.45, 7) is 3.38. The molecule has 182 valence electrons. The minimum atomic E-state index is -0.655. The summed E-state index contributed by atoms with van der Waals surface area (Å²) < 4.78 is 0. The van der Waals surface area contributed by atoms with E-state index in [1.807, 2.05) is 0 Å². The molecule has 6 nitrogen and oxygen atoms in total. The molecule has 4 N–H and O–H groups in total. The van der Waals surface area contributed by atoms with Gasteiger partial charge >= 0.3 is 5.97 Å². The molecule has 0 aliphatic carbocycles. The van der Waals surface area contributed by atoms with Crippen LogP contribution in [0.4, 0.5) is 0 Å². The Kier molecular flexibility index (Phi) is 22.4. The van der Waals surface area contributed by atoms with Crippen LogP contribution >= 0.6 is 12.4 Å². The molecule has 0 amide bonds. The molecular formula is C24H44ClNO5. The standard InChI is InChI=1S/C16H32O2.C8H11NO3.ClH/c1-2-3-4-5-6-7-8-9-10-11-12-13-14-15-16(17)18;1-5-8(12)7(4-11)6(3-10)2-9-5;/h2-15H2,1H3,(H,17,18);2,10-12H,3-4H2,1H3;1H. The zero-order valence-electron chi connectivity index (χ0n) is 19.4. The second-order valence-corrected chi connectivity index (χ2v) is 7.90. The van der Waals surface area contributed by atoms with Crippen molar-refractivity contribution in [2.24, 2.45) is 0 Å². The number of aliphatic hydroxyl groups excluding tert-OH is 2. The van der Waals surface area contributed by atoms with Gasteiger partial charge in [-0.3, -0.25) is 9.78 Å². The number of aliphatic hydroxyl groups is 2. The third kappa shape index (κ3) is 16.9. The zero-order valence-corrected chi connectivity index (χ0v) is 20.3. The maximum Gasteiger partial charge on any atom is 0.303 e. The van der Waals surface area contributed by atoms with Gasteiger partial charge in [-0.05, 0) is 13.3 Å². The number of hydrogen-bond donors (Lipinski definition) is 4. The largest absolute Gasteiger partial charge is 0.506 e. The lowest BCUT2D eigenvalue weighted by Gasteiger charge is -2.07. The highest BCUT2D eigenvalue weighted by Gasteiger charge is 2.09. The van der Waals surface area contributed by atoms with Gasteiger partial charge in [0.25, 0.3) is 0 Å². The van der Waals surface area contributed by atoms with E-state index < -0.39 is 5.97 Å². The summed E-state index contributed by atoms with van der Waals surface area (Å²) in [7, 11) is 0. The average Bonchev–Trinajstić information content (AvgIpc) is 2.73. The van der Waals surface area contributed by atoms with Gasteiger partial charge in [0.2, 0.25) is 0 Å². The zero-order chi connectivity index (χ0) is 22.6. The van der Waals surface area contributed by atoms with Crippen LogP contribution < -0.4 is 0 Å². The van der Waals surface area contributed by atoms with Gasteiger partial charge in [0, 0.05) is 23.7 Å². The predicted octanol–water partition coefficient (Wildman–Crippen LogP) is 6.05. The number of nitrogens with zero attached hydrogens (tertiary/aromatic N) is 1. The lowest BCUT2D eigenvalue weighted by molar-refractivity contribution is -0.137. The third-order valence-electron chi connectivity index (χ3n) is 5.25. The van der Waals surface area contributed by atoms with Gasteiger partial charge in [0.05, 0.1) is 18.9 Å². The SMILES string of the molecule is CCCCCCCCCCCCCCCC(=O)O.Cc1ncc(CO)c(CO)c1O.Cl. The molecule has 0 aromatic carbocycles. The van der Waals surface area contributed by atoms with Gasteiger partial charge < -0.3 is 20.4 Å². The topological polar surface area (TPSA) is 111 Å². The number of aryl methyl sites for hydroxylation is 1. The summed E-state index contributed by atoms with van der Waals surface area (Å²) in [5.41, 5.74) is 1.27. The van der Waals surface area contributed by atoms with Crippen LogP contribution in [0.5, 0.6) is 5.75 Å². The van der Waals surface area contributed by atoms with Crippen LogP contribution in [-0.2, 0) is 18.0 Å². The summed E-state index contributed by atoms with van der Waals surface area (Å²) in [5.74, 6) is -0.692. The minimum absolute atomic E-state index is 0. The van der Waals surface area contributed by atoms with Gasteiger partial charge in [-0.15, -0.1) is 12.4 Å². The molecule has 0 radical (unpaired) electrons. The first kappa shape index (κ1) is 31.8. The first-order valence-corrected chi connectivity index (χ1v) is 11.6. The van der Waals surface area contributed by atoms with Crippen molar-refractivity contribution in [3.63, 3.8) is 0 Å². The summed E-state index contributed by atoms with van der Waals surface area (Å²) in [4.78, 5) is 14.1. The fraction of sp³-hybridized carbons (Fsp3) is 0.750. The number of aromatic hydroxyl groups is 1. The second-order valence-electron chi connectivity index (χ2n) is 7.90. The quantitative estimate of drug-likeness (QED) is 0.223. The van der Waals surface area contributed by atoms with Crippen molar-refractivity contribution in [2.75, 3.05) is 0 Å². The Morgan fingerprint density at radius 3 is 1.68 bits per heavy atom. The lowest BCUT2D eigenvalue weighted by Crippen LogP contribution is -1.98. The van der Waals surface area contributed by atoms with Crippen LogP contribution in [-0.4, -0.2) is 31.4 Å². The maximum absolute atomic E-state index is 10.3. The first-order chi connectivity index (χ1) is 14.5. The third-order valence-corrected chi connectivity index (χ3v) is 5.25. The molecule has 7 heteroatoms. The predicted molar refractivity (Wildman–Crippen MR) is 128 cm³/mol. The van der Waals surface area contributed by atoms with Crippen LogP contribution in [0.2, 0.25) is 0 Å². The van der Waals surface area contributed by atoms with Crippen molar-refractivity contribution in [1.82, 2.24) is 4.98 Å². The van der Waals surface area contributed by atoms with Crippen LogP contribution in [0, 0.1) is 6.92 Å². The molecule has 0 aliphatic rings. The van der Waals surface area contributed by atoms with E-state index in [1.54, 1.807) is 6.92 Å². The number of aliphatic carboxylic acids is 1. The number of aromatic nitrogens is 1. The Morgan fingerprint density at radius 2 is 1.29 bits per heavy atom. The molecule has 0 atom stereocenters. The average molecular weight is 462 g/mol. The molecular weight excluding hydrogens is 418 g/mol. The van der Waals surface area contributed by atoms with Crippen molar-refractivity contribution >= 4 is 18.4 Å². The number of rotatable bonds is 16. The number of carbonyl (C=O) groups is 1. The van der Waals surface area contributed by atoms with Crippen molar-refractivity contribution in [2.45, 2.75) is 117 Å². The van der Waals surface area contributed by atoms with Crippen molar-refractivity contribution in [3.05, 3.63) is 23.0 Å². The number of pyridine rings is 1. The molecule has 31 heavy (non-hydrogen) atoms. The number of halogens is 1. The van der Waals surface area contributed by atoms with Gasteiger partial charge in [-0.2, -0.15) is 0 Å². The fourth-order valence-corrected chi connectivity index (χ4v) is 3.29. The van der Waals surface area contributed by atoms with Crippen LogP contribution in [0.3, 0.4) is 0 Å². The van der Waals surface area contributed by atoms with Crippen LogP contribution in [0.25, 0.3) is 0 Å². The summed E-state index contributed by atoms with van der Waals surface area (Å²) in [5, 5.41) is 35.5. The molecule has 1 heterocycles. The van der Waals surface area contributed by atoms with E-state index in [2.05, 4.69) is 11.9 Å². The normalized spacial score (nSPS) is 10.2. The number of carboxylic acids is 1. The highest BCUT2D eigenvalue weighted by atomic mass is 35.5. The minimum Gasteiger partial charge on any atom is -0.506 e. The Balaban J connectivity index is 0. The van der Waals surface area contributed by atoms with E-state index in [-0.39, 0.29) is 31.4 Å². The lowest BCUT2D eigenvalue weighted by atomic mass is 10.0. The molecule has 0 bridgehead atoms. The van der Waals surface area contributed by atoms with E-state index in [9.17, 15) is 9.90 Å². The molecule has 0 spiro atoms. The van der Waals surface area contributed by atoms with E-state index in [0.717, 1.165) is 12.8 Å². The van der Waals surface area contributed by atoms with Gasteiger partial charge in [0.15, 0.2) is 0 Å². The maximum atomic E-state index is 10.3. The Bertz CT molecular complexity index is 569. The van der Waals surface area contributed by atoms with Gasteiger partial charge in [-0.1, -0.05) is 84.0 Å². The summed E-state index contributed by atoms with van der Waals surface area (Å²) >= 11 is 0. The van der Waals surface area contributed by atoms with E-state index in [4.69, 9.17) is 15.3 Å². The molecule has 1 aromatic heterocycles. The highest BCUT2D eigenvalue weighted by molar-refractivity contribution is 5.85. The van der Waals surface area contributed by atoms with Crippen molar-refractivity contribution < 1.29 is 25.2 Å². The monoisotopic (exact) mass is 461 g/mol. The molecule has 0 fully saturated rings. The highest BCUT2D eigenvalue weighted by Crippen LogP contribution is 2.23. The van der Waals surface area contributed by atoms with E-state index in [1.165, 1.54) is 76.8 Å². The fourth-order valence-electron chi connectivity index (χ4n) is 3.29. The Morgan fingerprint density at radius 1 is 0.839 bits per heavy atom. The molecule has 1 rings (SSSR count). The Hall–Kier alpha value is -1.37. The number of carboxylic acid groups (broad SMARTS) is 1. The molecule has 0 saturated carbocycles. The van der Waals surface area contributed by atoms with Gasteiger partial charge in [0.1, 0.15) is 5.75 Å². The second kappa shape index (κ2) is 21.8. The summed E-state index contributed by atoms with van der Waals surface area (Å²) in [6.07, 6.45) is 18.7. The molecule has 0 unspecified atom stereocenters. The van der Waals surface area contributed by atoms with Crippen molar-refractivity contribution in [1.29, 1.82) is 0 Å². The molecule has 0 saturated heterocycles.